The maximum Gasteiger partial charge on any atom is 0.230 e. The van der Waals surface area contributed by atoms with Gasteiger partial charge in [-0.3, -0.25) is 4.79 Å². The first-order chi connectivity index (χ1) is 12.2. The second-order valence-electron chi connectivity index (χ2n) is 6.44. The monoisotopic (exact) mass is 357 g/mol. The van der Waals surface area contributed by atoms with Gasteiger partial charge in [-0.1, -0.05) is 24.3 Å². The van der Waals surface area contributed by atoms with Gasteiger partial charge in [0.25, 0.3) is 0 Å². The molecule has 0 fully saturated rings. The molecular formula is C20H25N2O2S+. The summed E-state index contributed by atoms with van der Waals surface area (Å²) in [5.41, 5.74) is 2.18. The summed E-state index contributed by atoms with van der Waals surface area (Å²) >= 11 is 1.93. The number of fused-ring (bicyclic) bond motifs is 1. The number of hydrogen-bond acceptors (Lipinski definition) is 3. The van der Waals surface area contributed by atoms with Crippen molar-refractivity contribution < 1.29 is 14.8 Å². The van der Waals surface area contributed by atoms with Gasteiger partial charge in [-0.05, 0) is 25.1 Å². The SMILES string of the molecule is COc1cccc(NC(=O)C[C@H](C)[NH2+][C@H]2CCSc3ccccc32)c1. The number of amides is 1. The van der Waals surface area contributed by atoms with Gasteiger partial charge in [0.1, 0.15) is 11.8 Å². The lowest BCUT2D eigenvalue weighted by molar-refractivity contribution is -0.724. The summed E-state index contributed by atoms with van der Waals surface area (Å²) in [6, 6.07) is 16.7. The number of quaternary nitrogens is 1. The predicted octanol–water partition coefficient (Wildman–Crippen LogP) is 3.21. The lowest BCUT2D eigenvalue weighted by Crippen LogP contribution is -2.90. The fraction of sp³-hybridized carbons (Fsp3) is 0.350. The number of benzene rings is 2. The van der Waals surface area contributed by atoms with Crippen LogP contribution in [-0.4, -0.2) is 24.8 Å². The molecule has 0 saturated heterocycles. The van der Waals surface area contributed by atoms with Crippen LogP contribution in [0.15, 0.2) is 53.4 Å². The number of hydrogen-bond donors (Lipinski definition) is 2. The van der Waals surface area contributed by atoms with Crippen molar-refractivity contribution in [1.29, 1.82) is 0 Å². The summed E-state index contributed by atoms with van der Waals surface area (Å²) in [4.78, 5) is 13.7. The summed E-state index contributed by atoms with van der Waals surface area (Å²) in [5, 5.41) is 5.30. The topological polar surface area (TPSA) is 54.9 Å². The standard InChI is InChI=1S/C20H24N2O2S/c1-14(12-20(23)22-15-6-5-7-16(13-15)24-2)21-18-10-11-25-19-9-4-3-8-17(18)19/h3-9,13-14,18,21H,10-12H2,1-2H3,(H,22,23)/p+1/t14-,18-/m0/s1. The van der Waals surface area contributed by atoms with Crippen LogP contribution in [0.25, 0.3) is 0 Å². The normalized spacial score (nSPS) is 17.4. The molecule has 25 heavy (non-hydrogen) atoms. The number of anilines is 1. The second-order valence-corrected chi connectivity index (χ2v) is 7.57. The molecule has 2 atom stereocenters. The maximum atomic E-state index is 12.3. The first-order valence-corrected chi connectivity index (χ1v) is 9.65. The van der Waals surface area contributed by atoms with Crippen LogP contribution in [0.5, 0.6) is 5.75 Å². The highest BCUT2D eigenvalue weighted by Gasteiger charge is 2.25. The Morgan fingerprint density at radius 1 is 1.32 bits per heavy atom. The molecule has 2 aromatic carbocycles. The Kier molecular flexibility index (Phi) is 6.00. The van der Waals surface area contributed by atoms with E-state index < -0.39 is 0 Å². The lowest BCUT2D eigenvalue weighted by Gasteiger charge is -2.25. The molecule has 0 aliphatic carbocycles. The molecule has 2 aromatic rings. The van der Waals surface area contributed by atoms with Crippen molar-refractivity contribution in [3.8, 4) is 5.75 Å². The van der Waals surface area contributed by atoms with E-state index in [0.717, 1.165) is 23.6 Å². The van der Waals surface area contributed by atoms with Gasteiger partial charge in [0.15, 0.2) is 0 Å². The van der Waals surface area contributed by atoms with Gasteiger partial charge >= 0.3 is 0 Å². The minimum Gasteiger partial charge on any atom is -0.497 e. The Hall–Kier alpha value is -1.98. The predicted molar refractivity (Wildman–Crippen MR) is 102 cm³/mol. The van der Waals surface area contributed by atoms with E-state index in [1.807, 2.05) is 36.0 Å². The van der Waals surface area contributed by atoms with Crippen LogP contribution >= 0.6 is 11.8 Å². The van der Waals surface area contributed by atoms with Gasteiger partial charge in [-0.15, -0.1) is 11.8 Å². The van der Waals surface area contributed by atoms with Crippen LogP contribution in [0.2, 0.25) is 0 Å². The molecule has 1 amide bonds. The van der Waals surface area contributed by atoms with Crippen LogP contribution in [0.3, 0.4) is 0 Å². The largest absolute Gasteiger partial charge is 0.497 e. The molecule has 0 bridgehead atoms. The third kappa shape index (κ3) is 4.77. The fourth-order valence-corrected chi connectivity index (χ4v) is 4.39. The zero-order valence-electron chi connectivity index (χ0n) is 14.7. The zero-order valence-corrected chi connectivity index (χ0v) is 15.5. The number of methoxy groups -OCH3 is 1. The van der Waals surface area contributed by atoms with Crippen LogP contribution in [0, 0.1) is 0 Å². The number of carbonyl (C=O) groups excluding carboxylic acids is 1. The summed E-state index contributed by atoms with van der Waals surface area (Å²) in [7, 11) is 1.62. The van der Waals surface area contributed by atoms with Crippen molar-refractivity contribution in [2.75, 3.05) is 18.2 Å². The molecular weight excluding hydrogens is 332 g/mol. The average Bonchev–Trinajstić information content (AvgIpc) is 2.62. The first-order valence-electron chi connectivity index (χ1n) is 8.66. The van der Waals surface area contributed by atoms with E-state index >= 15 is 0 Å². The molecule has 1 heterocycles. The number of nitrogens with one attached hydrogen (secondary N) is 1. The summed E-state index contributed by atoms with van der Waals surface area (Å²) in [6.45, 7) is 2.12. The third-order valence-electron chi connectivity index (χ3n) is 4.43. The molecule has 3 rings (SSSR count). The molecule has 1 aliphatic rings. The lowest BCUT2D eigenvalue weighted by atomic mass is 10.0. The average molecular weight is 357 g/mol. The van der Waals surface area contributed by atoms with Crippen LogP contribution in [0.1, 0.15) is 31.4 Å². The van der Waals surface area contributed by atoms with Crippen molar-refractivity contribution in [2.45, 2.75) is 36.7 Å². The van der Waals surface area contributed by atoms with Gasteiger partial charge in [-0.25, -0.2) is 0 Å². The number of rotatable bonds is 6. The first kappa shape index (κ1) is 17.8. The summed E-state index contributed by atoms with van der Waals surface area (Å²) in [5.74, 6) is 1.92. The quantitative estimate of drug-likeness (QED) is 0.835. The minimum absolute atomic E-state index is 0.0375. The van der Waals surface area contributed by atoms with Crippen molar-refractivity contribution in [3.63, 3.8) is 0 Å². The number of carbonyl (C=O) groups is 1. The molecule has 132 valence electrons. The van der Waals surface area contributed by atoms with Crippen molar-refractivity contribution in [2.24, 2.45) is 0 Å². The van der Waals surface area contributed by atoms with Crippen molar-refractivity contribution >= 4 is 23.4 Å². The summed E-state index contributed by atoms with van der Waals surface area (Å²) in [6.07, 6.45) is 1.63. The Labute approximate surface area is 153 Å². The van der Waals surface area contributed by atoms with Crippen molar-refractivity contribution in [1.82, 2.24) is 0 Å². The second kappa shape index (κ2) is 8.41. The van der Waals surface area contributed by atoms with Gasteiger partial charge < -0.3 is 15.4 Å². The van der Waals surface area contributed by atoms with E-state index in [1.54, 1.807) is 7.11 Å². The van der Waals surface area contributed by atoms with Crippen molar-refractivity contribution in [3.05, 3.63) is 54.1 Å². The Morgan fingerprint density at radius 3 is 3.00 bits per heavy atom. The molecule has 5 heteroatoms. The highest BCUT2D eigenvalue weighted by molar-refractivity contribution is 7.99. The van der Waals surface area contributed by atoms with Crippen LogP contribution < -0.4 is 15.4 Å². The fourth-order valence-electron chi connectivity index (χ4n) is 3.24. The maximum absolute atomic E-state index is 12.3. The smallest absolute Gasteiger partial charge is 0.230 e. The van der Waals surface area contributed by atoms with E-state index in [9.17, 15) is 4.79 Å². The van der Waals surface area contributed by atoms with E-state index in [4.69, 9.17) is 4.74 Å². The molecule has 4 nitrogen and oxygen atoms in total. The van der Waals surface area contributed by atoms with E-state index in [-0.39, 0.29) is 11.9 Å². The highest BCUT2D eigenvalue weighted by Crippen LogP contribution is 2.33. The van der Waals surface area contributed by atoms with Gasteiger partial charge in [0.2, 0.25) is 5.91 Å². The molecule has 0 aromatic heterocycles. The number of thioether (sulfide) groups is 1. The number of nitrogens with two attached hydrogens (primary N) is 1. The van der Waals surface area contributed by atoms with Gasteiger partial charge in [-0.2, -0.15) is 0 Å². The van der Waals surface area contributed by atoms with Crippen LogP contribution in [-0.2, 0) is 4.79 Å². The van der Waals surface area contributed by atoms with E-state index in [2.05, 4.69) is 41.8 Å². The number of ether oxygens (including phenoxy) is 1. The zero-order chi connectivity index (χ0) is 17.6. The van der Waals surface area contributed by atoms with Gasteiger partial charge in [0, 0.05) is 34.4 Å². The molecule has 0 spiro atoms. The summed E-state index contributed by atoms with van der Waals surface area (Å²) < 4.78 is 5.19. The molecule has 3 N–H and O–H groups in total. The van der Waals surface area contributed by atoms with Gasteiger partial charge in [0.05, 0.1) is 19.6 Å². The molecule has 0 unspecified atom stereocenters. The minimum atomic E-state index is 0.0375. The Balaban J connectivity index is 1.56. The molecule has 1 aliphatic heterocycles. The Morgan fingerprint density at radius 2 is 2.16 bits per heavy atom. The molecule has 0 radical (unpaired) electrons. The third-order valence-corrected chi connectivity index (χ3v) is 5.55. The van der Waals surface area contributed by atoms with Crippen LogP contribution in [0.4, 0.5) is 5.69 Å². The highest BCUT2D eigenvalue weighted by atomic mass is 32.2. The molecule has 0 saturated carbocycles. The van der Waals surface area contributed by atoms with E-state index in [1.165, 1.54) is 10.5 Å². The Bertz CT molecular complexity index is 735. The van der Waals surface area contributed by atoms with E-state index in [0.29, 0.717) is 12.5 Å².